The quantitative estimate of drug-likeness (QED) is 0.940. The molecule has 1 aromatic carbocycles. The number of rotatable bonds is 3. The lowest BCUT2D eigenvalue weighted by Crippen LogP contribution is -2.29. The number of nitrogens with zero attached hydrogens (tertiary/aromatic N) is 2. The van der Waals surface area contributed by atoms with Crippen molar-refractivity contribution in [3.63, 3.8) is 0 Å². The zero-order valence-electron chi connectivity index (χ0n) is 12.1. The number of aromatic nitrogens is 1. The van der Waals surface area contributed by atoms with Crippen molar-refractivity contribution >= 4 is 17.3 Å². The maximum atomic E-state index is 12.0. The van der Waals surface area contributed by atoms with Gasteiger partial charge in [0.25, 0.3) is 5.91 Å². The van der Waals surface area contributed by atoms with E-state index in [2.05, 4.69) is 15.4 Å². The van der Waals surface area contributed by atoms with Gasteiger partial charge in [-0.25, -0.2) is 0 Å². The number of carbonyl (C=O) groups is 1. The van der Waals surface area contributed by atoms with Gasteiger partial charge in [-0.05, 0) is 50.5 Å². The molecule has 1 fully saturated rings. The van der Waals surface area contributed by atoms with Gasteiger partial charge >= 0.3 is 0 Å². The largest absolute Gasteiger partial charge is 0.372 e. The average Bonchev–Trinajstić information content (AvgIpc) is 2.95. The maximum absolute atomic E-state index is 12.0. The first-order valence-corrected chi connectivity index (χ1v) is 7.32. The van der Waals surface area contributed by atoms with Crippen molar-refractivity contribution in [2.24, 2.45) is 0 Å². The minimum absolute atomic E-state index is 0.259. The van der Waals surface area contributed by atoms with Crippen LogP contribution in [0.1, 0.15) is 35.4 Å². The second-order valence-electron chi connectivity index (χ2n) is 5.39. The fourth-order valence-corrected chi connectivity index (χ4v) is 2.60. The van der Waals surface area contributed by atoms with Crippen molar-refractivity contribution in [3.05, 3.63) is 41.8 Å². The Labute approximate surface area is 123 Å². The fraction of sp³-hybridized carbons (Fsp3) is 0.375. The van der Waals surface area contributed by atoms with Crippen molar-refractivity contribution in [3.8, 4) is 0 Å². The molecule has 1 aromatic heterocycles. The van der Waals surface area contributed by atoms with E-state index in [9.17, 15) is 4.79 Å². The van der Waals surface area contributed by atoms with Gasteiger partial charge in [-0.15, -0.1) is 0 Å². The van der Waals surface area contributed by atoms with Crippen LogP contribution in [0, 0.1) is 6.92 Å². The van der Waals surface area contributed by atoms with Crippen molar-refractivity contribution in [2.45, 2.75) is 26.2 Å². The predicted molar refractivity (Wildman–Crippen MR) is 81.7 cm³/mol. The zero-order valence-corrected chi connectivity index (χ0v) is 12.1. The lowest BCUT2D eigenvalue weighted by atomic mass is 10.1. The highest BCUT2D eigenvalue weighted by Crippen LogP contribution is 2.22. The summed E-state index contributed by atoms with van der Waals surface area (Å²) in [7, 11) is 0. The number of nitrogens with one attached hydrogen (secondary N) is 1. The van der Waals surface area contributed by atoms with E-state index in [1.807, 2.05) is 24.3 Å². The molecule has 5 nitrogen and oxygen atoms in total. The number of anilines is 2. The summed E-state index contributed by atoms with van der Waals surface area (Å²) in [6.45, 7) is 4.02. The highest BCUT2D eigenvalue weighted by molar-refractivity contribution is 6.03. The third-order valence-corrected chi connectivity index (χ3v) is 3.80. The van der Waals surface area contributed by atoms with Gasteiger partial charge in [0.1, 0.15) is 0 Å². The zero-order chi connectivity index (χ0) is 14.7. The molecule has 1 saturated heterocycles. The highest BCUT2D eigenvalue weighted by Gasteiger charge is 2.15. The van der Waals surface area contributed by atoms with Crippen molar-refractivity contribution < 1.29 is 9.32 Å². The minimum Gasteiger partial charge on any atom is -0.372 e. The van der Waals surface area contributed by atoms with Crippen LogP contribution in [-0.4, -0.2) is 24.2 Å². The Hall–Kier alpha value is -2.30. The summed E-state index contributed by atoms with van der Waals surface area (Å²) in [4.78, 5) is 14.4. The molecule has 0 aliphatic carbocycles. The molecule has 0 radical (unpaired) electrons. The standard InChI is InChI=1S/C16H19N3O2/c1-12-11-17-21-15(12)16(20)18-13-5-7-14(8-6-13)19-9-3-2-4-10-19/h5-8,11H,2-4,9-10H2,1H3,(H,18,20). The molecule has 0 unspecified atom stereocenters. The summed E-state index contributed by atoms with van der Waals surface area (Å²) in [5.74, 6) is -0.00849. The number of aryl methyl sites for hydroxylation is 1. The summed E-state index contributed by atoms with van der Waals surface area (Å²) < 4.78 is 4.95. The van der Waals surface area contributed by atoms with Gasteiger partial charge in [0.2, 0.25) is 5.76 Å². The van der Waals surface area contributed by atoms with Crippen molar-refractivity contribution in [1.82, 2.24) is 5.16 Å². The molecule has 0 bridgehead atoms. The van der Waals surface area contributed by atoms with Gasteiger partial charge in [0.05, 0.1) is 6.20 Å². The number of hydrogen-bond acceptors (Lipinski definition) is 4. The lowest BCUT2D eigenvalue weighted by Gasteiger charge is -2.28. The van der Waals surface area contributed by atoms with Crippen LogP contribution in [0.3, 0.4) is 0 Å². The van der Waals surface area contributed by atoms with Gasteiger partial charge < -0.3 is 14.7 Å². The second-order valence-corrected chi connectivity index (χ2v) is 5.39. The van der Waals surface area contributed by atoms with Gasteiger partial charge in [-0.3, -0.25) is 4.79 Å². The van der Waals surface area contributed by atoms with E-state index in [4.69, 9.17) is 4.52 Å². The van der Waals surface area contributed by atoms with Crippen LogP contribution in [0.25, 0.3) is 0 Å². The Kier molecular flexibility index (Phi) is 3.90. The van der Waals surface area contributed by atoms with E-state index in [1.165, 1.54) is 31.1 Å². The van der Waals surface area contributed by atoms with E-state index < -0.39 is 0 Å². The van der Waals surface area contributed by atoms with E-state index in [0.717, 1.165) is 24.3 Å². The van der Waals surface area contributed by atoms with E-state index in [0.29, 0.717) is 0 Å². The van der Waals surface area contributed by atoms with Gasteiger partial charge in [-0.1, -0.05) is 5.16 Å². The summed E-state index contributed by atoms with van der Waals surface area (Å²) in [6.07, 6.45) is 5.36. The molecule has 2 aromatic rings. The topological polar surface area (TPSA) is 58.4 Å². The second kappa shape index (κ2) is 5.99. The number of amides is 1. The summed E-state index contributed by atoms with van der Waals surface area (Å²) in [5.41, 5.74) is 2.71. The number of piperidine rings is 1. The molecule has 3 rings (SSSR count). The van der Waals surface area contributed by atoms with E-state index >= 15 is 0 Å². The van der Waals surface area contributed by atoms with Crippen LogP contribution in [0.2, 0.25) is 0 Å². The Bertz CT molecular complexity index is 613. The molecular formula is C16H19N3O2. The molecule has 2 heterocycles. The van der Waals surface area contributed by atoms with Crippen molar-refractivity contribution in [1.29, 1.82) is 0 Å². The Morgan fingerprint density at radius 2 is 1.90 bits per heavy atom. The molecule has 0 saturated carbocycles. The van der Waals surface area contributed by atoms with E-state index in [-0.39, 0.29) is 11.7 Å². The van der Waals surface area contributed by atoms with Crippen LogP contribution in [0.5, 0.6) is 0 Å². The van der Waals surface area contributed by atoms with Gasteiger partial charge in [-0.2, -0.15) is 0 Å². The molecule has 0 atom stereocenters. The van der Waals surface area contributed by atoms with Gasteiger partial charge in [0.15, 0.2) is 0 Å². The third kappa shape index (κ3) is 3.07. The first-order valence-electron chi connectivity index (χ1n) is 7.32. The monoisotopic (exact) mass is 285 g/mol. The molecule has 5 heteroatoms. The molecule has 21 heavy (non-hydrogen) atoms. The van der Waals surface area contributed by atoms with Crippen LogP contribution in [0.15, 0.2) is 35.0 Å². The summed E-state index contributed by atoms with van der Waals surface area (Å²) in [5, 5.41) is 6.44. The van der Waals surface area contributed by atoms with Crippen LogP contribution >= 0.6 is 0 Å². The summed E-state index contributed by atoms with van der Waals surface area (Å²) >= 11 is 0. The molecule has 1 aliphatic heterocycles. The normalized spacial score (nSPS) is 15.0. The molecule has 0 spiro atoms. The molecular weight excluding hydrogens is 266 g/mol. The maximum Gasteiger partial charge on any atom is 0.294 e. The van der Waals surface area contributed by atoms with E-state index in [1.54, 1.807) is 6.92 Å². The first kappa shape index (κ1) is 13.7. The van der Waals surface area contributed by atoms with Gasteiger partial charge in [0, 0.05) is 30.0 Å². The Morgan fingerprint density at radius 3 is 2.52 bits per heavy atom. The minimum atomic E-state index is -0.268. The van der Waals surface area contributed by atoms with Crippen LogP contribution in [-0.2, 0) is 0 Å². The van der Waals surface area contributed by atoms with Crippen molar-refractivity contribution in [2.75, 3.05) is 23.3 Å². The molecule has 1 N–H and O–H groups in total. The lowest BCUT2D eigenvalue weighted by molar-refractivity contribution is 0.0987. The highest BCUT2D eigenvalue weighted by atomic mass is 16.5. The number of hydrogen-bond donors (Lipinski definition) is 1. The average molecular weight is 285 g/mol. The predicted octanol–water partition coefficient (Wildman–Crippen LogP) is 3.23. The van der Waals surface area contributed by atoms with Crippen LogP contribution in [0.4, 0.5) is 11.4 Å². The molecule has 1 amide bonds. The number of benzene rings is 1. The Morgan fingerprint density at radius 1 is 1.19 bits per heavy atom. The summed E-state index contributed by atoms with van der Waals surface area (Å²) in [6, 6.07) is 7.95. The molecule has 1 aliphatic rings. The Balaban J connectivity index is 1.67. The SMILES string of the molecule is Cc1cnoc1C(=O)Nc1ccc(N2CCCCC2)cc1. The fourth-order valence-electron chi connectivity index (χ4n) is 2.60. The smallest absolute Gasteiger partial charge is 0.294 e. The number of carbonyl (C=O) groups excluding carboxylic acids is 1. The van der Waals surface area contributed by atoms with Crippen LogP contribution < -0.4 is 10.2 Å². The molecule has 110 valence electrons. The first-order chi connectivity index (χ1) is 10.2. The third-order valence-electron chi connectivity index (χ3n) is 3.80.